The summed E-state index contributed by atoms with van der Waals surface area (Å²) < 4.78 is 0. The van der Waals surface area contributed by atoms with E-state index in [-0.39, 0.29) is 11.8 Å². The summed E-state index contributed by atoms with van der Waals surface area (Å²) in [5.41, 5.74) is 1.15. The van der Waals surface area contributed by atoms with E-state index in [1.165, 1.54) is 4.90 Å². The second-order valence-electron chi connectivity index (χ2n) is 6.61. The van der Waals surface area contributed by atoms with Crippen LogP contribution in [0.15, 0.2) is 60.7 Å². The fraction of sp³-hybridized carbons (Fsp3) is 0.286. The van der Waals surface area contributed by atoms with E-state index >= 15 is 0 Å². The molecule has 1 aliphatic heterocycles. The molecule has 0 radical (unpaired) electrons. The fourth-order valence-corrected chi connectivity index (χ4v) is 3.39. The van der Waals surface area contributed by atoms with Gasteiger partial charge in [-0.05, 0) is 37.1 Å². The molecule has 1 heterocycles. The summed E-state index contributed by atoms with van der Waals surface area (Å²) in [6, 6.07) is 17.8. The molecule has 0 aromatic heterocycles. The number of anilines is 1. The number of amides is 2. The highest BCUT2D eigenvalue weighted by Crippen LogP contribution is 2.24. The maximum atomic E-state index is 13.1. The number of likely N-dealkylation sites (tertiary alicyclic amines) is 1. The molecule has 6 heteroatoms. The smallest absolute Gasteiger partial charge is 0.323 e. The monoisotopic (exact) mass is 366 g/mol. The number of aliphatic carboxylic acids is 1. The van der Waals surface area contributed by atoms with Crippen molar-refractivity contribution in [2.24, 2.45) is 5.92 Å². The van der Waals surface area contributed by atoms with Crippen LogP contribution >= 0.6 is 0 Å². The van der Waals surface area contributed by atoms with E-state index in [4.69, 9.17) is 0 Å². The van der Waals surface area contributed by atoms with E-state index in [0.29, 0.717) is 37.2 Å². The lowest BCUT2D eigenvalue weighted by Crippen LogP contribution is -2.48. The minimum absolute atomic E-state index is 0.0994. The summed E-state index contributed by atoms with van der Waals surface area (Å²) in [6.07, 6.45) is 1.35. The molecule has 2 aromatic carbocycles. The molecule has 1 aliphatic rings. The van der Waals surface area contributed by atoms with Gasteiger partial charge in [-0.25, -0.2) is 0 Å². The predicted molar refractivity (Wildman–Crippen MR) is 102 cm³/mol. The Morgan fingerprint density at radius 2 is 1.63 bits per heavy atom. The number of nitrogens with zero attached hydrogens (tertiary/aromatic N) is 2. The van der Waals surface area contributed by atoms with Gasteiger partial charge in [-0.1, -0.05) is 36.4 Å². The summed E-state index contributed by atoms with van der Waals surface area (Å²) in [6.45, 7) is 0.503. The largest absolute Gasteiger partial charge is 0.480 e. The summed E-state index contributed by atoms with van der Waals surface area (Å²) in [5.74, 6) is -1.84. The van der Waals surface area contributed by atoms with Gasteiger partial charge in [-0.3, -0.25) is 14.4 Å². The molecule has 1 saturated heterocycles. The number of hydrogen-bond acceptors (Lipinski definition) is 3. The first-order chi connectivity index (χ1) is 13.1. The highest BCUT2D eigenvalue weighted by atomic mass is 16.4. The fourth-order valence-electron chi connectivity index (χ4n) is 3.39. The molecule has 0 aliphatic carbocycles. The second-order valence-corrected chi connectivity index (χ2v) is 6.61. The third kappa shape index (κ3) is 4.53. The van der Waals surface area contributed by atoms with Gasteiger partial charge in [0.25, 0.3) is 5.91 Å². The van der Waals surface area contributed by atoms with Crippen molar-refractivity contribution in [1.82, 2.24) is 4.90 Å². The molecule has 1 fully saturated rings. The van der Waals surface area contributed by atoms with Crippen LogP contribution in [-0.4, -0.2) is 47.4 Å². The maximum absolute atomic E-state index is 13.1. The molecule has 2 amide bonds. The van der Waals surface area contributed by atoms with Gasteiger partial charge < -0.3 is 14.9 Å². The average molecular weight is 366 g/mol. The average Bonchev–Trinajstić information content (AvgIpc) is 2.72. The van der Waals surface area contributed by atoms with E-state index in [1.54, 1.807) is 41.3 Å². The van der Waals surface area contributed by atoms with Gasteiger partial charge >= 0.3 is 5.97 Å². The van der Waals surface area contributed by atoms with Crippen molar-refractivity contribution in [3.05, 3.63) is 66.2 Å². The predicted octanol–water partition coefficient (Wildman–Crippen LogP) is 2.66. The molecule has 3 rings (SSSR count). The number of hydrogen-bond donors (Lipinski definition) is 1. The van der Waals surface area contributed by atoms with Crippen LogP contribution < -0.4 is 4.90 Å². The number of benzene rings is 2. The number of carboxylic acids is 1. The van der Waals surface area contributed by atoms with Crippen molar-refractivity contribution < 1.29 is 19.5 Å². The van der Waals surface area contributed by atoms with E-state index in [0.717, 1.165) is 0 Å². The third-order valence-corrected chi connectivity index (χ3v) is 4.71. The van der Waals surface area contributed by atoms with Crippen LogP contribution in [-0.2, 0) is 9.59 Å². The molecule has 27 heavy (non-hydrogen) atoms. The van der Waals surface area contributed by atoms with Gasteiger partial charge in [0.1, 0.15) is 6.54 Å². The summed E-state index contributed by atoms with van der Waals surface area (Å²) >= 11 is 0. The quantitative estimate of drug-likeness (QED) is 0.882. The molecule has 140 valence electrons. The molecule has 0 spiro atoms. The zero-order valence-corrected chi connectivity index (χ0v) is 15.0. The van der Waals surface area contributed by atoms with Gasteiger partial charge in [-0.2, -0.15) is 0 Å². The number of para-hydroxylation sites is 1. The Bertz CT molecular complexity index is 807. The van der Waals surface area contributed by atoms with E-state index in [9.17, 15) is 19.5 Å². The minimum Gasteiger partial charge on any atom is -0.480 e. The molecular weight excluding hydrogens is 344 g/mol. The Labute approximate surface area is 158 Å². The Balaban J connectivity index is 1.76. The first kappa shape index (κ1) is 18.6. The van der Waals surface area contributed by atoms with Crippen molar-refractivity contribution >= 4 is 23.5 Å². The first-order valence-corrected chi connectivity index (χ1v) is 8.99. The van der Waals surface area contributed by atoms with Crippen molar-refractivity contribution in [2.45, 2.75) is 12.8 Å². The Kier molecular flexibility index (Phi) is 5.86. The lowest BCUT2D eigenvalue weighted by molar-refractivity contribution is -0.137. The molecule has 0 saturated carbocycles. The normalized spacial score (nSPS) is 16.6. The molecule has 0 bridgehead atoms. The molecule has 1 N–H and O–H groups in total. The van der Waals surface area contributed by atoms with Crippen molar-refractivity contribution in [3.8, 4) is 0 Å². The first-order valence-electron chi connectivity index (χ1n) is 8.99. The number of piperidine rings is 1. The summed E-state index contributed by atoms with van der Waals surface area (Å²) in [7, 11) is 0. The molecule has 2 aromatic rings. The van der Waals surface area contributed by atoms with Crippen LogP contribution in [0, 0.1) is 5.92 Å². The highest BCUT2D eigenvalue weighted by Gasteiger charge is 2.32. The zero-order valence-electron chi connectivity index (χ0n) is 15.0. The van der Waals surface area contributed by atoms with Gasteiger partial charge in [0, 0.05) is 24.3 Å². The number of carboxylic acid groups (broad SMARTS) is 1. The van der Waals surface area contributed by atoms with E-state index in [1.807, 2.05) is 24.3 Å². The Morgan fingerprint density at radius 3 is 2.26 bits per heavy atom. The zero-order chi connectivity index (χ0) is 19.2. The van der Waals surface area contributed by atoms with Crippen LogP contribution in [0.2, 0.25) is 0 Å². The lowest BCUT2D eigenvalue weighted by Gasteiger charge is -2.34. The molecular formula is C21H22N2O4. The van der Waals surface area contributed by atoms with Crippen molar-refractivity contribution in [1.29, 1.82) is 0 Å². The lowest BCUT2D eigenvalue weighted by atomic mass is 9.95. The topological polar surface area (TPSA) is 77.9 Å². The van der Waals surface area contributed by atoms with Crippen molar-refractivity contribution in [3.63, 3.8) is 0 Å². The van der Waals surface area contributed by atoms with Crippen LogP contribution in [0.3, 0.4) is 0 Å². The minimum atomic E-state index is -1.07. The van der Waals surface area contributed by atoms with E-state index in [2.05, 4.69) is 0 Å². The molecule has 1 unspecified atom stereocenters. The summed E-state index contributed by atoms with van der Waals surface area (Å²) in [5, 5.41) is 9.22. The summed E-state index contributed by atoms with van der Waals surface area (Å²) in [4.78, 5) is 40.0. The highest BCUT2D eigenvalue weighted by molar-refractivity contribution is 6.00. The SMILES string of the molecule is O=C(O)CN(C(=O)C1CCCN(C(=O)c2ccccc2)C1)c1ccccc1. The van der Waals surface area contributed by atoms with Crippen LogP contribution in [0.5, 0.6) is 0 Å². The standard InChI is InChI=1S/C21H22N2O4/c24-19(25)15-23(18-11-5-2-6-12-18)21(27)17-10-7-13-22(14-17)20(26)16-8-3-1-4-9-16/h1-6,8-9,11-12,17H,7,10,13-15H2,(H,24,25). The Hall–Kier alpha value is -3.15. The van der Waals surface area contributed by atoms with Gasteiger partial charge in [0.05, 0.1) is 5.92 Å². The van der Waals surface area contributed by atoms with Crippen LogP contribution in [0.1, 0.15) is 23.2 Å². The Morgan fingerprint density at radius 1 is 1.00 bits per heavy atom. The van der Waals surface area contributed by atoms with Crippen molar-refractivity contribution in [2.75, 3.05) is 24.5 Å². The van der Waals surface area contributed by atoms with Gasteiger partial charge in [-0.15, -0.1) is 0 Å². The number of rotatable bonds is 5. The molecule has 1 atom stereocenters. The van der Waals surface area contributed by atoms with E-state index < -0.39 is 18.4 Å². The number of carbonyl (C=O) groups is 3. The van der Waals surface area contributed by atoms with Crippen LogP contribution in [0.4, 0.5) is 5.69 Å². The number of carbonyl (C=O) groups excluding carboxylic acids is 2. The third-order valence-electron chi connectivity index (χ3n) is 4.71. The molecule has 6 nitrogen and oxygen atoms in total. The van der Waals surface area contributed by atoms with Gasteiger partial charge in [0.2, 0.25) is 5.91 Å². The second kappa shape index (κ2) is 8.49. The maximum Gasteiger partial charge on any atom is 0.323 e. The van der Waals surface area contributed by atoms with Gasteiger partial charge in [0.15, 0.2) is 0 Å². The van der Waals surface area contributed by atoms with Crippen LogP contribution in [0.25, 0.3) is 0 Å².